The van der Waals surface area contributed by atoms with E-state index in [1.165, 1.54) is 24.6 Å². The molecule has 544 valence electrons. The molecule has 1 saturated carbocycles. The molecule has 5 aromatic heterocycles. The summed E-state index contributed by atoms with van der Waals surface area (Å²) in [6.45, 7) is 29.9. The molecule has 1 aliphatic carbocycles. The Hall–Kier alpha value is -4.52. The fourth-order valence-electron chi connectivity index (χ4n) is 9.93. The first-order valence-electron chi connectivity index (χ1n) is 32.1. The van der Waals surface area contributed by atoms with Crippen molar-refractivity contribution in [3.8, 4) is 22.5 Å². The number of hydrogen-bond acceptors (Lipinski definition) is 19. The van der Waals surface area contributed by atoms with Gasteiger partial charge < -0.3 is 45.1 Å². The highest BCUT2D eigenvalue weighted by Gasteiger charge is 2.64. The molecular weight excluding hydrogens is 1680 g/mol. The summed E-state index contributed by atoms with van der Waals surface area (Å²) in [5.74, 6) is 0. The molecule has 0 unspecified atom stereocenters. The number of aryl methyl sites for hydroxylation is 3. The van der Waals surface area contributed by atoms with Gasteiger partial charge in [-0.15, -0.1) is 17.0 Å². The molecule has 9 aromatic rings. The second-order valence-corrected chi connectivity index (χ2v) is 32.2. The van der Waals surface area contributed by atoms with Crippen LogP contribution in [0.2, 0.25) is 25.2 Å². The number of nitrogen functional groups attached to an aromatic ring is 3. The lowest BCUT2D eigenvalue weighted by molar-refractivity contribution is 0.00578. The van der Waals surface area contributed by atoms with Gasteiger partial charge in [0.25, 0.3) is 5.56 Å². The van der Waals surface area contributed by atoms with Crippen LogP contribution in [0, 0.1) is 20.8 Å². The maximum absolute atomic E-state index is 12.4. The van der Waals surface area contributed by atoms with Crippen molar-refractivity contribution in [2.24, 2.45) is 0 Å². The van der Waals surface area contributed by atoms with Crippen molar-refractivity contribution in [3.63, 3.8) is 0 Å². The SMILES string of the molecule is Br.CC1(C)OB(B2OC(C)(C)C(C)(C)O2)OC1(C)C.CC1(C)OB(c2ccc(N)c(Cl)c2)OC1(C)C.CSc1ncc2cc(Br)c(=O)n(C3CCCC3)c2n1.Cc1nccnc1-c1ccc(Br)c(Cl)c1.Cc1nccnc1-c1ccc(N)c(Cl)c1.Cc1nccnc1Cl.Nc1ccc(Br)cc1Cl. The third-order valence-electron chi connectivity index (χ3n) is 17.9. The van der Waals surface area contributed by atoms with Crippen LogP contribution in [0.25, 0.3) is 33.5 Å². The van der Waals surface area contributed by atoms with Gasteiger partial charge in [-0.05, 0) is 221 Å². The first-order valence-corrected chi connectivity index (χ1v) is 37.6. The number of nitrogens with zero attached hydrogens (tertiary/aromatic N) is 9. The normalized spacial score (nSPS) is 16.9. The highest BCUT2D eigenvalue weighted by Crippen LogP contribution is 2.44. The molecule has 4 fully saturated rings. The van der Waals surface area contributed by atoms with E-state index in [0.717, 1.165) is 77.9 Å². The van der Waals surface area contributed by atoms with Crippen LogP contribution in [-0.2, 0) is 27.9 Å². The maximum atomic E-state index is 12.4. The zero-order valence-corrected chi connectivity index (χ0v) is 70.7. The Morgan fingerprint density at radius 3 is 1.32 bits per heavy atom. The molecule has 0 bridgehead atoms. The van der Waals surface area contributed by atoms with Crippen LogP contribution in [0.15, 0.2) is 146 Å². The molecule has 13 rings (SSSR count). The molecule has 32 heteroatoms. The number of pyridine rings is 1. The van der Waals surface area contributed by atoms with Crippen LogP contribution in [0.1, 0.15) is 132 Å². The van der Waals surface area contributed by atoms with Crippen molar-refractivity contribution in [3.05, 3.63) is 188 Å². The molecule has 0 spiro atoms. The summed E-state index contributed by atoms with van der Waals surface area (Å²) in [4.78, 5) is 45.8. The third kappa shape index (κ3) is 22.3. The Morgan fingerprint density at radius 1 is 0.500 bits per heavy atom. The van der Waals surface area contributed by atoms with E-state index in [0.29, 0.717) is 51.9 Å². The van der Waals surface area contributed by atoms with Crippen LogP contribution in [0.3, 0.4) is 0 Å². The van der Waals surface area contributed by atoms with Gasteiger partial charge in [-0.25, -0.2) is 15.0 Å². The van der Waals surface area contributed by atoms with Crippen molar-refractivity contribution >= 4 is 189 Å². The average molecular weight is 1770 g/mol. The minimum Gasteiger partial charge on any atom is -0.405 e. The number of thioether (sulfide) groups is 1. The molecule has 0 amide bonds. The number of anilines is 3. The van der Waals surface area contributed by atoms with E-state index in [9.17, 15) is 4.79 Å². The standard InChI is InChI=1S/C13H14BrN3OS.C12H24B2O4.C12H17BClNO2.C11H8BrClN2.C11H10ClN3.C6H5BrClN.C5H5ClN2.BrH/c1-19-13-15-7-8-6-10(14)12(18)17(11(8)16-13)9-4-2-3-5-9;1-9(2)10(3,4)16-13(15-9)14-17-11(5,6)12(7,8)18-14;1-11(2)12(3,4)17-13(16-11)8-5-6-10(15)9(14)7-8;1-7-11(15-5-4-14-7)8-2-3-9(12)10(13)6-8;1-7-11(15-5-4-14-7)8-2-3-10(13)9(12)6-8;7-4-1-2-6(9)5(8)3-4;1-4-5(6)8-3-2-7-4;/h6-7,9H,2-5H2,1H3;1-8H3;5-7H,15H2,1-4H3;2-6H,1H3;2-6H,13H2,1H3;1-3H,9H2;2-3H,1H3;1H. The molecule has 19 nitrogen and oxygen atoms in total. The quantitative estimate of drug-likeness (QED) is 0.0605. The number of benzene rings is 4. The number of halogens is 9. The van der Waals surface area contributed by atoms with Gasteiger partial charge in [-0.2, -0.15) is 0 Å². The van der Waals surface area contributed by atoms with Crippen molar-refractivity contribution in [2.75, 3.05) is 23.5 Å². The van der Waals surface area contributed by atoms with Gasteiger partial charge in [0.1, 0.15) is 10.8 Å². The predicted octanol–water partition coefficient (Wildman–Crippen LogP) is 19.1. The molecule has 0 radical (unpaired) electrons. The van der Waals surface area contributed by atoms with Crippen LogP contribution in [0.5, 0.6) is 0 Å². The highest BCUT2D eigenvalue weighted by molar-refractivity contribution is 9.11. The Morgan fingerprint density at radius 2 is 0.912 bits per heavy atom. The average Bonchev–Trinajstić information content (AvgIpc) is 1.56. The smallest absolute Gasteiger partial charge is 0.405 e. The van der Waals surface area contributed by atoms with E-state index in [2.05, 4.69) is 87.7 Å². The topological polar surface area (TPSA) is 259 Å². The van der Waals surface area contributed by atoms with Crippen LogP contribution in [0.4, 0.5) is 17.1 Å². The lowest BCUT2D eigenvalue weighted by Gasteiger charge is -2.32. The largest absolute Gasteiger partial charge is 0.494 e. The molecule has 3 aliphatic heterocycles. The third-order valence-corrected chi connectivity index (χ3v) is 22.1. The van der Waals surface area contributed by atoms with Gasteiger partial charge in [0.05, 0.1) is 104 Å². The summed E-state index contributed by atoms with van der Waals surface area (Å²) < 4.78 is 40.0. The van der Waals surface area contributed by atoms with Gasteiger partial charge in [0, 0.05) is 74.9 Å². The monoisotopic (exact) mass is 1760 g/mol. The summed E-state index contributed by atoms with van der Waals surface area (Å²) >= 11 is 40.6. The first-order chi connectivity index (χ1) is 47.2. The van der Waals surface area contributed by atoms with Crippen molar-refractivity contribution in [2.45, 2.75) is 174 Å². The van der Waals surface area contributed by atoms with Gasteiger partial charge >= 0.3 is 21.1 Å². The van der Waals surface area contributed by atoms with Gasteiger partial charge in [0.15, 0.2) is 5.16 Å². The van der Waals surface area contributed by atoms with Crippen LogP contribution >= 0.6 is 135 Å². The molecule has 4 aromatic carbocycles. The van der Waals surface area contributed by atoms with E-state index >= 15 is 0 Å². The Balaban J connectivity index is 0.000000190. The van der Waals surface area contributed by atoms with Gasteiger partial charge in [-0.3, -0.25) is 34.3 Å². The Bertz CT molecular complexity index is 4230. The minimum absolute atomic E-state index is 0. The molecule has 3 saturated heterocycles. The summed E-state index contributed by atoms with van der Waals surface area (Å²) in [5, 5.41) is 4.43. The first kappa shape index (κ1) is 86.4. The second kappa shape index (κ2) is 36.9. The maximum Gasteiger partial charge on any atom is 0.494 e. The Kier molecular flexibility index (Phi) is 31.2. The van der Waals surface area contributed by atoms with Crippen molar-refractivity contribution < 1.29 is 27.9 Å². The number of hydrogen-bond donors (Lipinski definition) is 3. The lowest BCUT2D eigenvalue weighted by Crippen LogP contribution is -2.41. The van der Waals surface area contributed by atoms with Crippen LogP contribution in [-0.4, -0.2) is 105 Å². The second-order valence-electron chi connectivity index (χ2n) is 26.8. The molecule has 8 heterocycles. The summed E-state index contributed by atoms with van der Waals surface area (Å²) in [5.41, 5.74) is 24.2. The molecule has 102 heavy (non-hydrogen) atoms. The fourth-order valence-corrected chi connectivity index (χ4v) is 12.3. The summed E-state index contributed by atoms with van der Waals surface area (Å²) in [7, 11) is -1.34. The van der Waals surface area contributed by atoms with Crippen molar-refractivity contribution in [1.29, 1.82) is 0 Å². The zero-order chi connectivity index (χ0) is 74.7. The number of rotatable bonds is 6. The highest BCUT2D eigenvalue weighted by atomic mass is 79.9. The van der Waals surface area contributed by atoms with Gasteiger partial charge in [0.2, 0.25) is 0 Å². The van der Waals surface area contributed by atoms with Crippen molar-refractivity contribution in [1.82, 2.24) is 44.4 Å². The van der Waals surface area contributed by atoms with Gasteiger partial charge in [-0.1, -0.05) is 117 Å². The van der Waals surface area contributed by atoms with E-state index in [-0.39, 0.29) is 62.2 Å². The van der Waals surface area contributed by atoms with E-state index < -0.39 is 21.1 Å². The summed E-state index contributed by atoms with van der Waals surface area (Å²) in [6.07, 6.45) is 18.1. The molecule has 6 N–H and O–H groups in total. The molecule has 0 atom stereocenters. The lowest BCUT2D eigenvalue weighted by atomic mass is 9.49. The fraction of sp³-hybridized carbons (Fsp3) is 0.386. The number of fused-ring (bicyclic) bond motifs is 1. The van der Waals surface area contributed by atoms with E-state index in [1.54, 1.807) is 79.8 Å². The minimum atomic E-state index is -0.476. The molecule has 4 aliphatic rings. The number of aromatic nitrogens is 9. The summed E-state index contributed by atoms with van der Waals surface area (Å²) in [6, 6.07) is 24.1. The van der Waals surface area contributed by atoms with E-state index in [1.807, 2.05) is 157 Å². The number of nitrogens with two attached hydrogens (primary N) is 3. The molecular formula is C70H84B3Br4Cl5N12O7S. The Labute approximate surface area is 664 Å². The van der Waals surface area contributed by atoms with E-state index in [4.69, 9.17) is 103 Å². The zero-order valence-electron chi connectivity index (χ0n) is 59.6. The van der Waals surface area contributed by atoms with Crippen LogP contribution < -0.4 is 28.2 Å². The predicted molar refractivity (Wildman–Crippen MR) is 437 cm³/mol.